The maximum Gasteiger partial charge on any atom is 0.253 e. The zero-order valence-corrected chi connectivity index (χ0v) is 12.3. The summed E-state index contributed by atoms with van der Waals surface area (Å²) in [6, 6.07) is 11.8. The largest absolute Gasteiger partial charge is 0.378 e. The third-order valence-electron chi connectivity index (χ3n) is 2.93. The summed E-state index contributed by atoms with van der Waals surface area (Å²) < 4.78 is 0. The van der Waals surface area contributed by atoms with Crippen LogP contribution in [0.4, 0.5) is 5.69 Å². The number of hydrogen-bond donors (Lipinski definition) is 0. The van der Waals surface area contributed by atoms with Crippen molar-refractivity contribution in [3.05, 3.63) is 52.2 Å². The summed E-state index contributed by atoms with van der Waals surface area (Å²) in [4.78, 5) is 17.3. The number of anilines is 1. The molecule has 1 heterocycles. The van der Waals surface area contributed by atoms with Crippen LogP contribution in [0, 0.1) is 0 Å². The molecule has 1 aromatic carbocycles. The van der Waals surface area contributed by atoms with E-state index >= 15 is 0 Å². The highest BCUT2D eigenvalue weighted by Gasteiger charge is 2.13. The SMILES string of the molecule is CN(Cc1cccs1)C(=O)c1cccc(N(C)C)c1. The second-order valence-electron chi connectivity index (χ2n) is 4.69. The standard InChI is InChI=1S/C15H18N2OS/c1-16(2)13-7-4-6-12(10-13)15(18)17(3)11-14-8-5-9-19-14/h4-10H,11H2,1-3H3. The van der Waals surface area contributed by atoms with Crippen LogP contribution < -0.4 is 4.90 Å². The molecule has 0 aliphatic heterocycles. The Morgan fingerprint density at radius 2 is 1.95 bits per heavy atom. The third-order valence-corrected chi connectivity index (χ3v) is 3.79. The smallest absolute Gasteiger partial charge is 0.253 e. The van der Waals surface area contributed by atoms with Crippen LogP contribution in [0.2, 0.25) is 0 Å². The van der Waals surface area contributed by atoms with Crippen LogP contribution in [-0.4, -0.2) is 32.0 Å². The van der Waals surface area contributed by atoms with E-state index in [9.17, 15) is 4.79 Å². The molecule has 1 amide bonds. The summed E-state index contributed by atoms with van der Waals surface area (Å²) in [7, 11) is 5.78. The first-order valence-electron chi connectivity index (χ1n) is 6.13. The van der Waals surface area contributed by atoms with Crippen molar-refractivity contribution >= 4 is 22.9 Å². The fourth-order valence-corrected chi connectivity index (χ4v) is 2.60. The van der Waals surface area contributed by atoms with Gasteiger partial charge in [0.25, 0.3) is 5.91 Å². The van der Waals surface area contributed by atoms with Crippen molar-refractivity contribution in [3.63, 3.8) is 0 Å². The Hall–Kier alpha value is -1.81. The Balaban J connectivity index is 2.12. The van der Waals surface area contributed by atoms with Gasteiger partial charge in [0, 0.05) is 37.3 Å². The van der Waals surface area contributed by atoms with Crippen LogP contribution in [0.3, 0.4) is 0 Å². The normalized spacial score (nSPS) is 10.3. The Kier molecular flexibility index (Phi) is 4.22. The van der Waals surface area contributed by atoms with Crippen LogP contribution in [-0.2, 0) is 6.54 Å². The topological polar surface area (TPSA) is 23.6 Å². The number of nitrogens with zero attached hydrogens (tertiary/aromatic N) is 2. The van der Waals surface area contributed by atoms with Crippen molar-refractivity contribution in [3.8, 4) is 0 Å². The molecule has 2 rings (SSSR count). The highest BCUT2D eigenvalue weighted by atomic mass is 32.1. The first kappa shape index (κ1) is 13.6. The maximum atomic E-state index is 12.4. The molecule has 3 nitrogen and oxygen atoms in total. The lowest BCUT2D eigenvalue weighted by atomic mass is 10.1. The molecule has 0 saturated heterocycles. The molecule has 19 heavy (non-hydrogen) atoms. The monoisotopic (exact) mass is 274 g/mol. The molecule has 0 aliphatic carbocycles. The first-order chi connectivity index (χ1) is 9.08. The maximum absolute atomic E-state index is 12.4. The predicted octanol–water partition coefficient (Wildman–Crippen LogP) is 3.09. The minimum atomic E-state index is 0.0529. The third kappa shape index (κ3) is 3.35. The van der Waals surface area contributed by atoms with Gasteiger partial charge in [0.05, 0.1) is 6.54 Å². The number of amides is 1. The average molecular weight is 274 g/mol. The van der Waals surface area contributed by atoms with Crippen LogP contribution in [0.25, 0.3) is 0 Å². The van der Waals surface area contributed by atoms with Crippen LogP contribution >= 0.6 is 11.3 Å². The van der Waals surface area contributed by atoms with E-state index in [1.54, 1.807) is 16.2 Å². The Labute approximate surface area is 118 Å². The van der Waals surface area contributed by atoms with E-state index in [1.807, 2.05) is 67.8 Å². The van der Waals surface area contributed by atoms with E-state index in [-0.39, 0.29) is 5.91 Å². The van der Waals surface area contributed by atoms with Crippen molar-refractivity contribution in [2.45, 2.75) is 6.54 Å². The number of rotatable bonds is 4. The number of carbonyl (C=O) groups excluding carboxylic acids is 1. The summed E-state index contributed by atoms with van der Waals surface area (Å²) in [6.07, 6.45) is 0. The average Bonchev–Trinajstić information content (AvgIpc) is 2.90. The van der Waals surface area contributed by atoms with E-state index in [1.165, 1.54) is 4.88 Å². The Morgan fingerprint density at radius 3 is 2.58 bits per heavy atom. The number of thiophene rings is 1. The van der Waals surface area contributed by atoms with Gasteiger partial charge in [0.2, 0.25) is 0 Å². The van der Waals surface area contributed by atoms with Gasteiger partial charge in [0.1, 0.15) is 0 Å². The van der Waals surface area contributed by atoms with E-state index in [2.05, 4.69) is 0 Å². The van der Waals surface area contributed by atoms with E-state index in [0.29, 0.717) is 6.54 Å². The highest BCUT2D eigenvalue weighted by Crippen LogP contribution is 2.17. The molecule has 0 fully saturated rings. The van der Waals surface area contributed by atoms with Crippen molar-refractivity contribution in [1.29, 1.82) is 0 Å². The van der Waals surface area contributed by atoms with Crippen molar-refractivity contribution in [2.24, 2.45) is 0 Å². The molecule has 0 unspecified atom stereocenters. The number of hydrogen-bond acceptors (Lipinski definition) is 3. The summed E-state index contributed by atoms with van der Waals surface area (Å²) >= 11 is 1.67. The highest BCUT2D eigenvalue weighted by molar-refractivity contribution is 7.09. The molecule has 2 aromatic rings. The molecule has 0 spiro atoms. The second-order valence-corrected chi connectivity index (χ2v) is 5.72. The minimum Gasteiger partial charge on any atom is -0.378 e. The van der Waals surface area contributed by atoms with Gasteiger partial charge in [-0.15, -0.1) is 11.3 Å². The van der Waals surface area contributed by atoms with Gasteiger partial charge in [-0.3, -0.25) is 4.79 Å². The Bertz CT molecular complexity index is 549. The molecule has 1 aromatic heterocycles. The fourth-order valence-electron chi connectivity index (χ4n) is 1.85. The molecule has 0 atom stereocenters. The van der Waals surface area contributed by atoms with Gasteiger partial charge < -0.3 is 9.80 Å². The predicted molar refractivity (Wildman–Crippen MR) is 80.9 cm³/mol. The van der Waals surface area contributed by atoms with E-state index < -0.39 is 0 Å². The molecule has 0 aliphatic rings. The molecular formula is C15H18N2OS. The van der Waals surface area contributed by atoms with E-state index in [0.717, 1.165) is 11.3 Å². The second kappa shape index (κ2) is 5.89. The van der Waals surface area contributed by atoms with Gasteiger partial charge in [-0.2, -0.15) is 0 Å². The lowest BCUT2D eigenvalue weighted by Gasteiger charge is -2.18. The zero-order chi connectivity index (χ0) is 13.8. The lowest BCUT2D eigenvalue weighted by Crippen LogP contribution is -2.26. The summed E-state index contributed by atoms with van der Waals surface area (Å²) in [5, 5.41) is 2.03. The lowest BCUT2D eigenvalue weighted by molar-refractivity contribution is 0.0786. The van der Waals surface area contributed by atoms with Gasteiger partial charge in [0.15, 0.2) is 0 Å². The van der Waals surface area contributed by atoms with E-state index in [4.69, 9.17) is 0 Å². The van der Waals surface area contributed by atoms with Gasteiger partial charge in [-0.05, 0) is 29.6 Å². The number of benzene rings is 1. The first-order valence-corrected chi connectivity index (χ1v) is 7.01. The quantitative estimate of drug-likeness (QED) is 0.855. The molecule has 100 valence electrons. The zero-order valence-electron chi connectivity index (χ0n) is 11.5. The van der Waals surface area contributed by atoms with Gasteiger partial charge in [-0.25, -0.2) is 0 Å². The van der Waals surface area contributed by atoms with Crippen molar-refractivity contribution in [1.82, 2.24) is 4.90 Å². The van der Waals surface area contributed by atoms with Gasteiger partial charge >= 0.3 is 0 Å². The molecular weight excluding hydrogens is 256 g/mol. The van der Waals surface area contributed by atoms with Crippen molar-refractivity contribution < 1.29 is 4.79 Å². The Morgan fingerprint density at radius 1 is 1.16 bits per heavy atom. The van der Waals surface area contributed by atoms with Crippen LogP contribution in [0.1, 0.15) is 15.2 Å². The number of carbonyl (C=O) groups is 1. The molecule has 0 N–H and O–H groups in total. The molecule has 0 saturated carbocycles. The molecule has 0 radical (unpaired) electrons. The minimum absolute atomic E-state index is 0.0529. The van der Waals surface area contributed by atoms with Crippen LogP contribution in [0.15, 0.2) is 41.8 Å². The van der Waals surface area contributed by atoms with Gasteiger partial charge in [-0.1, -0.05) is 12.1 Å². The molecule has 0 bridgehead atoms. The van der Waals surface area contributed by atoms with Crippen LogP contribution in [0.5, 0.6) is 0 Å². The molecule has 4 heteroatoms. The summed E-state index contributed by atoms with van der Waals surface area (Å²) in [5.41, 5.74) is 1.76. The summed E-state index contributed by atoms with van der Waals surface area (Å²) in [5.74, 6) is 0.0529. The van der Waals surface area contributed by atoms with Crippen molar-refractivity contribution in [2.75, 3.05) is 26.0 Å². The fraction of sp³-hybridized carbons (Fsp3) is 0.267. The summed E-state index contributed by atoms with van der Waals surface area (Å²) in [6.45, 7) is 0.655.